The van der Waals surface area contributed by atoms with Crippen LogP contribution in [0.25, 0.3) is 0 Å². The van der Waals surface area contributed by atoms with Crippen LogP contribution in [0.5, 0.6) is 0 Å². The number of cyclic esters (lactones) is 1. The number of nitrogens with zero attached hydrogens (tertiary/aromatic N) is 2. The summed E-state index contributed by atoms with van der Waals surface area (Å²) in [5.74, 6) is 0. The summed E-state index contributed by atoms with van der Waals surface area (Å²) in [6.07, 6.45) is -18.0. The minimum Gasteiger partial charge on any atom is -0.465 e. The zero-order valence-corrected chi connectivity index (χ0v) is 17.8. The van der Waals surface area contributed by atoms with Gasteiger partial charge in [-0.25, -0.2) is 9.59 Å². The molecule has 0 spiro atoms. The third-order valence-corrected chi connectivity index (χ3v) is 5.11. The SMILES string of the molecule is O=C(O)N(Cc1cc(C(F)(F)F)cc(C(F)(F)F)c1)Cc1cc(C(F)(F)F)ccc1N1CCOC1=O. The van der Waals surface area contributed by atoms with Crippen LogP contribution in [-0.4, -0.2) is 35.3 Å². The summed E-state index contributed by atoms with van der Waals surface area (Å²) in [7, 11) is 0. The lowest BCUT2D eigenvalue weighted by Gasteiger charge is -2.25. The maximum Gasteiger partial charge on any atom is 0.416 e. The average Bonchev–Trinajstić information content (AvgIpc) is 3.16. The summed E-state index contributed by atoms with van der Waals surface area (Å²) < 4.78 is 123. The lowest BCUT2D eigenvalue weighted by Crippen LogP contribution is -2.31. The molecule has 2 aromatic carbocycles. The number of halogens is 9. The fourth-order valence-electron chi connectivity index (χ4n) is 3.49. The van der Waals surface area contributed by atoms with Crippen molar-refractivity contribution in [3.63, 3.8) is 0 Å². The van der Waals surface area contributed by atoms with Crippen LogP contribution in [0.15, 0.2) is 36.4 Å². The van der Waals surface area contributed by atoms with Gasteiger partial charge < -0.3 is 9.84 Å². The average molecular weight is 530 g/mol. The Kier molecular flexibility index (Phi) is 7.06. The lowest BCUT2D eigenvalue weighted by atomic mass is 10.0. The molecule has 2 aromatic rings. The number of anilines is 1. The van der Waals surface area contributed by atoms with Crippen LogP contribution < -0.4 is 4.90 Å². The van der Waals surface area contributed by atoms with E-state index >= 15 is 0 Å². The Morgan fingerprint density at radius 1 is 0.861 bits per heavy atom. The van der Waals surface area contributed by atoms with Gasteiger partial charge in [0.25, 0.3) is 0 Å². The fourth-order valence-corrected chi connectivity index (χ4v) is 3.49. The van der Waals surface area contributed by atoms with Crippen molar-refractivity contribution < 1.29 is 58.9 Å². The number of ether oxygens (including phenoxy) is 1. The van der Waals surface area contributed by atoms with Crippen molar-refractivity contribution in [1.29, 1.82) is 0 Å². The molecule has 0 atom stereocenters. The molecule has 0 saturated carbocycles. The summed E-state index contributed by atoms with van der Waals surface area (Å²) in [6.45, 7) is -2.10. The monoisotopic (exact) mass is 530 g/mol. The second kappa shape index (κ2) is 9.43. The number of hydrogen-bond donors (Lipinski definition) is 1. The zero-order chi connectivity index (χ0) is 27.1. The molecule has 1 fully saturated rings. The van der Waals surface area contributed by atoms with Crippen LogP contribution in [0.3, 0.4) is 0 Å². The number of carboxylic acid groups (broad SMARTS) is 1. The van der Waals surface area contributed by atoms with E-state index in [0.29, 0.717) is 29.2 Å². The Bertz CT molecular complexity index is 1130. The number of alkyl halides is 9. The van der Waals surface area contributed by atoms with Crippen LogP contribution in [0.1, 0.15) is 27.8 Å². The highest BCUT2D eigenvalue weighted by Gasteiger charge is 2.38. The van der Waals surface area contributed by atoms with Crippen LogP contribution in [0.4, 0.5) is 54.8 Å². The highest BCUT2D eigenvalue weighted by Crippen LogP contribution is 2.37. The van der Waals surface area contributed by atoms with Crippen LogP contribution >= 0.6 is 0 Å². The molecule has 1 saturated heterocycles. The third-order valence-electron chi connectivity index (χ3n) is 5.11. The van der Waals surface area contributed by atoms with Gasteiger partial charge in [0.2, 0.25) is 0 Å². The molecule has 0 radical (unpaired) electrons. The third kappa shape index (κ3) is 6.12. The maximum absolute atomic E-state index is 13.3. The number of rotatable bonds is 5. The van der Waals surface area contributed by atoms with Gasteiger partial charge in [0.15, 0.2) is 0 Å². The molecule has 0 unspecified atom stereocenters. The Hall–Kier alpha value is -3.65. The molecule has 2 amide bonds. The predicted molar refractivity (Wildman–Crippen MR) is 104 cm³/mol. The Morgan fingerprint density at radius 2 is 1.42 bits per heavy atom. The first-order valence-electron chi connectivity index (χ1n) is 9.87. The number of benzene rings is 2. The molecule has 3 rings (SSSR count). The fraction of sp³-hybridized carbons (Fsp3) is 0.333. The van der Waals surface area contributed by atoms with Gasteiger partial charge in [0.1, 0.15) is 6.61 Å². The smallest absolute Gasteiger partial charge is 0.416 e. The van der Waals surface area contributed by atoms with Gasteiger partial charge in [0, 0.05) is 6.54 Å². The molecule has 6 nitrogen and oxygen atoms in total. The van der Waals surface area contributed by atoms with E-state index in [0.717, 1.165) is 11.0 Å². The van der Waals surface area contributed by atoms with E-state index in [1.807, 2.05) is 0 Å². The first-order chi connectivity index (χ1) is 16.5. The molecule has 1 aliphatic rings. The number of hydrogen-bond acceptors (Lipinski definition) is 3. The molecule has 0 aliphatic carbocycles. The number of carbonyl (C=O) groups excluding carboxylic acids is 1. The second-order valence-electron chi connectivity index (χ2n) is 7.66. The standard InChI is InChI=1S/C21H15F9N2O4/c22-19(23,24)13-1-2-16(32-3-4-36-18(32)35)12(7-13)10-31(17(33)34)9-11-5-14(20(25,26)27)8-15(6-11)21(28,29)30/h1-2,5-8H,3-4,9-10H2,(H,33,34). The van der Waals surface area contributed by atoms with Crippen LogP contribution in [-0.2, 0) is 36.4 Å². The van der Waals surface area contributed by atoms with E-state index in [-0.39, 0.29) is 30.5 Å². The molecule has 0 bridgehead atoms. The molecule has 0 aromatic heterocycles. The Labute approximate surface area is 196 Å². The second-order valence-corrected chi connectivity index (χ2v) is 7.66. The van der Waals surface area contributed by atoms with Gasteiger partial charge in [-0.1, -0.05) is 0 Å². The number of carbonyl (C=O) groups is 2. The van der Waals surface area contributed by atoms with E-state index in [4.69, 9.17) is 4.74 Å². The largest absolute Gasteiger partial charge is 0.465 e. The van der Waals surface area contributed by atoms with E-state index in [2.05, 4.69) is 0 Å². The molecule has 1 heterocycles. The minimum absolute atomic E-state index is 0.0765. The van der Waals surface area contributed by atoms with Crippen molar-refractivity contribution in [2.24, 2.45) is 0 Å². The quantitative estimate of drug-likeness (QED) is 0.456. The normalized spacial score (nSPS) is 14.7. The van der Waals surface area contributed by atoms with Crippen molar-refractivity contribution in [2.75, 3.05) is 18.1 Å². The summed E-state index contributed by atoms with van der Waals surface area (Å²) in [5, 5.41) is 9.55. The van der Waals surface area contributed by atoms with Crippen molar-refractivity contribution in [1.82, 2.24) is 4.90 Å². The maximum atomic E-state index is 13.3. The lowest BCUT2D eigenvalue weighted by molar-refractivity contribution is -0.143. The molecule has 196 valence electrons. The molecular weight excluding hydrogens is 515 g/mol. The van der Waals surface area contributed by atoms with Crippen molar-refractivity contribution >= 4 is 17.9 Å². The number of amides is 2. The summed E-state index contributed by atoms with van der Waals surface area (Å²) in [5.41, 5.74) is -5.80. The minimum atomic E-state index is -5.19. The van der Waals surface area contributed by atoms with E-state index in [9.17, 15) is 54.2 Å². The highest BCUT2D eigenvalue weighted by molar-refractivity contribution is 5.90. The molecule has 1 aliphatic heterocycles. The molecule has 1 N–H and O–H groups in total. The van der Waals surface area contributed by atoms with Crippen molar-refractivity contribution in [3.8, 4) is 0 Å². The van der Waals surface area contributed by atoms with Gasteiger partial charge in [-0.2, -0.15) is 39.5 Å². The molecule has 36 heavy (non-hydrogen) atoms. The molecular formula is C21H15F9N2O4. The predicted octanol–water partition coefficient (Wildman–Crippen LogP) is 6.38. The van der Waals surface area contributed by atoms with Gasteiger partial charge in [-0.05, 0) is 47.5 Å². The van der Waals surface area contributed by atoms with E-state index < -0.39 is 66.1 Å². The summed E-state index contributed by atoms with van der Waals surface area (Å²) in [6, 6.07) is 2.57. The van der Waals surface area contributed by atoms with E-state index in [1.165, 1.54) is 0 Å². The van der Waals surface area contributed by atoms with Gasteiger partial charge >= 0.3 is 30.7 Å². The first kappa shape index (κ1) is 26.9. The topological polar surface area (TPSA) is 70.1 Å². The van der Waals surface area contributed by atoms with Crippen LogP contribution in [0.2, 0.25) is 0 Å². The Balaban J connectivity index is 2.04. The zero-order valence-electron chi connectivity index (χ0n) is 17.8. The highest BCUT2D eigenvalue weighted by atomic mass is 19.4. The van der Waals surface area contributed by atoms with Crippen molar-refractivity contribution in [2.45, 2.75) is 31.6 Å². The van der Waals surface area contributed by atoms with E-state index in [1.54, 1.807) is 0 Å². The van der Waals surface area contributed by atoms with Crippen LogP contribution in [0, 0.1) is 0 Å². The van der Waals surface area contributed by atoms with Gasteiger partial charge in [-0.15, -0.1) is 0 Å². The van der Waals surface area contributed by atoms with Gasteiger partial charge in [0.05, 0.1) is 35.5 Å². The first-order valence-corrected chi connectivity index (χ1v) is 9.87. The van der Waals surface area contributed by atoms with Gasteiger partial charge in [-0.3, -0.25) is 9.80 Å². The summed E-state index contributed by atoms with van der Waals surface area (Å²) >= 11 is 0. The summed E-state index contributed by atoms with van der Waals surface area (Å²) in [4.78, 5) is 25.0. The van der Waals surface area contributed by atoms with Crippen molar-refractivity contribution in [3.05, 3.63) is 64.2 Å². The molecule has 15 heteroatoms. The Morgan fingerprint density at radius 3 is 1.86 bits per heavy atom.